The number of allylic oxidation sites excluding steroid dienone is 2. The summed E-state index contributed by atoms with van der Waals surface area (Å²) in [5.74, 6) is -3.60. The van der Waals surface area contributed by atoms with Crippen molar-refractivity contribution >= 4 is 17.6 Å². The molecule has 4 heteroatoms. The van der Waals surface area contributed by atoms with Crippen molar-refractivity contribution in [2.75, 3.05) is 5.32 Å². The fourth-order valence-electron chi connectivity index (χ4n) is 4.41. The summed E-state index contributed by atoms with van der Waals surface area (Å²) in [6.07, 6.45) is 3.94. The van der Waals surface area contributed by atoms with Crippen LogP contribution in [0.15, 0.2) is 97.1 Å². The predicted octanol–water partition coefficient (Wildman–Crippen LogP) is 5.39. The number of nitrogens with one attached hydrogen (secondary N) is 1. The van der Waals surface area contributed by atoms with Gasteiger partial charge in [0, 0.05) is 17.5 Å². The van der Waals surface area contributed by atoms with Crippen molar-refractivity contribution in [3.8, 4) is 0 Å². The molecular formula is C27H25NO3. The van der Waals surface area contributed by atoms with Crippen molar-refractivity contribution in [1.29, 1.82) is 0 Å². The first kappa shape index (κ1) is 20.6. The SMILES string of the molecule is Cc1ccc(NC(=O)[C@H]2[C@@H](C(=O)O)[C@@H](c3ccccc3)C=C[C@H]2c2ccccc2)cc1. The number of rotatable bonds is 5. The minimum atomic E-state index is -0.969. The van der Waals surface area contributed by atoms with Gasteiger partial charge in [-0.25, -0.2) is 0 Å². The van der Waals surface area contributed by atoms with Gasteiger partial charge in [-0.1, -0.05) is 90.5 Å². The zero-order valence-electron chi connectivity index (χ0n) is 17.3. The van der Waals surface area contributed by atoms with Gasteiger partial charge in [0.15, 0.2) is 0 Å². The molecule has 1 amide bonds. The maximum absolute atomic E-state index is 13.5. The summed E-state index contributed by atoms with van der Waals surface area (Å²) in [5, 5.41) is 13.2. The first-order valence-corrected chi connectivity index (χ1v) is 10.4. The summed E-state index contributed by atoms with van der Waals surface area (Å²) in [6, 6.07) is 26.7. The third kappa shape index (κ3) is 4.43. The van der Waals surface area contributed by atoms with Crippen molar-refractivity contribution in [3.63, 3.8) is 0 Å². The van der Waals surface area contributed by atoms with Crippen molar-refractivity contribution < 1.29 is 14.7 Å². The van der Waals surface area contributed by atoms with Gasteiger partial charge in [0.1, 0.15) is 0 Å². The predicted molar refractivity (Wildman–Crippen MR) is 122 cm³/mol. The molecule has 0 fully saturated rings. The molecule has 3 aromatic carbocycles. The Morgan fingerprint density at radius 3 is 1.68 bits per heavy atom. The number of carboxylic acids is 1. The number of hydrogen-bond donors (Lipinski definition) is 2. The lowest BCUT2D eigenvalue weighted by molar-refractivity contribution is -0.147. The van der Waals surface area contributed by atoms with Crippen LogP contribution in [0.2, 0.25) is 0 Å². The first-order valence-electron chi connectivity index (χ1n) is 10.4. The van der Waals surface area contributed by atoms with E-state index in [0.29, 0.717) is 5.69 Å². The van der Waals surface area contributed by atoms with E-state index >= 15 is 0 Å². The third-order valence-electron chi connectivity index (χ3n) is 5.96. The van der Waals surface area contributed by atoms with Crippen LogP contribution in [0.5, 0.6) is 0 Å². The van der Waals surface area contributed by atoms with Gasteiger partial charge in [-0.15, -0.1) is 0 Å². The molecule has 0 bridgehead atoms. The number of anilines is 1. The van der Waals surface area contributed by atoms with E-state index in [9.17, 15) is 14.7 Å². The fraction of sp³-hybridized carbons (Fsp3) is 0.185. The molecule has 156 valence electrons. The Balaban J connectivity index is 1.76. The second-order valence-electron chi connectivity index (χ2n) is 8.00. The van der Waals surface area contributed by atoms with Crippen LogP contribution in [-0.2, 0) is 9.59 Å². The molecule has 3 aromatic rings. The van der Waals surface area contributed by atoms with E-state index in [1.54, 1.807) is 0 Å². The van der Waals surface area contributed by atoms with Crippen LogP contribution >= 0.6 is 0 Å². The highest BCUT2D eigenvalue weighted by Crippen LogP contribution is 2.45. The molecule has 0 unspecified atom stereocenters. The van der Waals surface area contributed by atoms with Gasteiger partial charge in [0.2, 0.25) is 5.91 Å². The summed E-state index contributed by atoms with van der Waals surface area (Å²) in [6.45, 7) is 1.98. The van der Waals surface area contributed by atoms with E-state index in [0.717, 1.165) is 16.7 Å². The smallest absolute Gasteiger partial charge is 0.308 e. The van der Waals surface area contributed by atoms with E-state index in [1.165, 1.54) is 0 Å². The van der Waals surface area contributed by atoms with Crippen LogP contribution in [-0.4, -0.2) is 17.0 Å². The minimum absolute atomic E-state index is 0.282. The first-order chi connectivity index (χ1) is 15.0. The molecule has 1 aliphatic rings. The third-order valence-corrected chi connectivity index (χ3v) is 5.96. The van der Waals surface area contributed by atoms with Gasteiger partial charge in [-0.3, -0.25) is 9.59 Å². The quantitative estimate of drug-likeness (QED) is 0.553. The van der Waals surface area contributed by atoms with E-state index in [4.69, 9.17) is 0 Å². The van der Waals surface area contributed by atoms with Crippen LogP contribution in [0.25, 0.3) is 0 Å². The van der Waals surface area contributed by atoms with Gasteiger partial charge >= 0.3 is 5.97 Å². The molecule has 0 aromatic heterocycles. The Kier molecular flexibility index (Phi) is 5.99. The lowest BCUT2D eigenvalue weighted by atomic mass is 9.66. The highest BCUT2D eigenvalue weighted by Gasteiger charge is 2.46. The normalized spacial score (nSPS) is 22.6. The highest BCUT2D eigenvalue weighted by molar-refractivity contribution is 5.96. The number of amides is 1. The average Bonchev–Trinajstić information content (AvgIpc) is 2.80. The molecule has 0 radical (unpaired) electrons. The zero-order valence-corrected chi connectivity index (χ0v) is 17.3. The fourth-order valence-corrected chi connectivity index (χ4v) is 4.41. The summed E-state index contributed by atoms with van der Waals surface area (Å²) in [7, 11) is 0. The standard InChI is InChI=1S/C27H25NO3/c1-18-12-14-21(15-13-18)28-26(29)24-22(19-8-4-2-5-9-19)16-17-23(25(24)27(30)31)20-10-6-3-7-11-20/h2-17,22-25H,1H3,(H,28,29)(H,30,31)/t22-,23+,24+,25-/m0/s1. The molecular weight excluding hydrogens is 386 g/mol. The van der Waals surface area contributed by atoms with Gasteiger partial charge in [0.25, 0.3) is 0 Å². The Morgan fingerprint density at radius 2 is 1.19 bits per heavy atom. The topological polar surface area (TPSA) is 66.4 Å². The zero-order chi connectivity index (χ0) is 21.8. The van der Waals surface area contributed by atoms with Gasteiger partial charge in [-0.2, -0.15) is 0 Å². The highest BCUT2D eigenvalue weighted by atomic mass is 16.4. The van der Waals surface area contributed by atoms with Gasteiger partial charge < -0.3 is 10.4 Å². The monoisotopic (exact) mass is 411 g/mol. The number of carbonyl (C=O) groups excluding carboxylic acids is 1. The van der Waals surface area contributed by atoms with Crippen LogP contribution in [0.4, 0.5) is 5.69 Å². The molecule has 0 saturated carbocycles. The summed E-state index contributed by atoms with van der Waals surface area (Å²) >= 11 is 0. The van der Waals surface area contributed by atoms with Gasteiger partial charge in [0.05, 0.1) is 11.8 Å². The summed E-state index contributed by atoms with van der Waals surface area (Å²) in [4.78, 5) is 26.0. The van der Waals surface area contributed by atoms with E-state index in [2.05, 4.69) is 5.32 Å². The molecule has 4 rings (SSSR count). The van der Waals surface area contributed by atoms with Crippen LogP contribution in [0.1, 0.15) is 28.5 Å². The molecule has 31 heavy (non-hydrogen) atoms. The van der Waals surface area contributed by atoms with Crippen LogP contribution < -0.4 is 5.32 Å². The Hall–Kier alpha value is -3.66. The molecule has 0 spiro atoms. The largest absolute Gasteiger partial charge is 0.481 e. The van der Waals surface area contributed by atoms with E-state index in [1.807, 2.05) is 104 Å². The summed E-state index contributed by atoms with van der Waals surface area (Å²) < 4.78 is 0. The molecule has 0 saturated heterocycles. The second kappa shape index (κ2) is 9.00. The van der Waals surface area contributed by atoms with Gasteiger partial charge in [-0.05, 0) is 30.2 Å². The van der Waals surface area contributed by atoms with E-state index in [-0.39, 0.29) is 17.7 Å². The Bertz CT molecular complexity index is 1070. The lowest BCUT2D eigenvalue weighted by Crippen LogP contribution is -2.42. The summed E-state index contributed by atoms with van der Waals surface area (Å²) in [5.41, 5.74) is 3.58. The Labute approximate surface area is 182 Å². The Morgan fingerprint density at radius 1 is 0.710 bits per heavy atom. The molecule has 2 N–H and O–H groups in total. The lowest BCUT2D eigenvalue weighted by Gasteiger charge is -2.37. The molecule has 0 aliphatic heterocycles. The van der Waals surface area contributed by atoms with Crippen molar-refractivity contribution in [2.45, 2.75) is 18.8 Å². The number of aliphatic carboxylic acids is 1. The molecule has 1 aliphatic carbocycles. The molecule has 0 heterocycles. The van der Waals surface area contributed by atoms with Crippen LogP contribution in [0.3, 0.4) is 0 Å². The molecule has 4 atom stereocenters. The van der Waals surface area contributed by atoms with Crippen molar-refractivity contribution in [1.82, 2.24) is 0 Å². The van der Waals surface area contributed by atoms with E-state index < -0.39 is 17.8 Å². The van der Waals surface area contributed by atoms with Crippen molar-refractivity contribution in [2.24, 2.45) is 11.8 Å². The number of carboxylic acid groups (broad SMARTS) is 1. The number of carbonyl (C=O) groups is 2. The molecule has 4 nitrogen and oxygen atoms in total. The minimum Gasteiger partial charge on any atom is -0.481 e. The maximum atomic E-state index is 13.5. The van der Waals surface area contributed by atoms with Crippen LogP contribution in [0, 0.1) is 18.8 Å². The number of hydrogen-bond acceptors (Lipinski definition) is 2. The second-order valence-corrected chi connectivity index (χ2v) is 8.00. The average molecular weight is 412 g/mol. The number of benzene rings is 3. The van der Waals surface area contributed by atoms with Crippen molar-refractivity contribution in [3.05, 3.63) is 114 Å². The maximum Gasteiger partial charge on any atom is 0.308 e. The number of aryl methyl sites for hydroxylation is 1.